The summed E-state index contributed by atoms with van der Waals surface area (Å²) in [5.74, 6) is 5.29. The summed E-state index contributed by atoms with van der Waals surface area (Å²) < 4.78 is 0. The number of aliphatic hydroxyl groups is 1. The van der Waals surface area contributed by atoms with Gasteiger partial charge in [-0.15, -0.1) is 0 Å². The molecule has 0 bridgehead atoms. The van der Waals surface area contributed by atoms with Crippen LogP contribution in [0.4, 0.5) is 0 Å². The zero-order chi connectivity index (χ0) is 20.4. The van der Waals surface area contributed by atoms with E-state index in [9.17, 15) is 5.11 Å². The highest BCUT2D eigenvalue weighted by molar-refractivity contribution is 5.25. The molecule has 2 heteroatoms. The molecule has 2 nitrogen and oxygen atoms in total. The van der Waals surface area contributed by atoms with Crippen molar-refractivity contribution in [2.45, 2.75) is 104 Å². The van der Waals surface area contributed by atoms with Crippen molar-refractivity contribution >= 4 is 0 Å². The third kappa shape index (κ3) is 3.18. The van der Waals surface area contributed by atoms with Gasteiger partial charge in [-0.3, -0.25) is 0 Å². The summed E-state index contributed by atoms with van der Waals surface area (Å²) in [6.07, 6.45) is 15.6. The van der Waals surface area contributed by atoms with Crippen LogP contribution in [0, 0.1) is 46.3 Å². The quantitative estimate of drug-likeness (QED) is 0.562. The van der Waals surface area contributed by atoms with Crippen molar-refractivity contribution in [1.82, 2.24) is 5.32 Å². The Bertz CT molecular complexity index is 649. The van der Waals surface area contributed by atoms with Gasteiger partial charge in [-0.05, 0) is 117 Å². The molecule has 0 radical (unpaired) electrons. The normalized spacial score (nSPS) is 53.4. The molecular weight excluding hydrogens is 354 g/mol. The van der Waals surface area contributed by atoms with Gasteiger partial charge in [0.1, 0.15) is 0 Å². The van der Waals surface area contributed by atoms with Gasteiger partial charge in [0.2, 0.25) is 0 Å². The van der Waals surface area contributed by atoms with Crippen LogP contribution in [-0.2, 0) is 0 Å². The van der Waals surface area contributed by atoms with Crippen LogP contribution >= 0.6 is 0 Å². The lowest BCUT2D eigenvalue weighted by Crippen LogP contribution is -2.52. The van der Waals surface area contributed by atoms with Crippen molar-refractivity contribution in [3.8, 4) is 0 Å². The van der Waals surface area contributed by atoms with Crippen molar-refractivity contribution < 1.29 is 5.11 Å². The van der Waals surface area contributed by atoms with E-state index in [1.54, 1.807) is 5.57 Å². The van der Waals surface area contributed by atoms with Gasteiger partial charge in [-0.2, -0.15) is 0 Å². The van der Waals surface area contributed by atoms with Crippen LogP contribution in [0.15, 0.2) is 11.6 Å². The zero-order valence-corrected chi connectivity index (χ0v) is 19.4. The molecule has 0 unspecified atom stereocenters. The molecule has 29 heavy (non-hydrogen) atoms. The molecule has 0 aromatic rings. The van der Waals surface area contributed by atoms with E-state index in [1.807, 2.05) is 0 Å². The molecular formula is C27H45NO. The van der Waals surface area contributed by atoms with Crippen LogP contribution in [0.5, 0.6) is 0 Å². The Balaban J connectivity index is 1.36. The van der Waals surface area contributed by atoms with Crippen LogP contribution < -0.4 is 5.32 Å². The summed E-state index contributed by atoms with van der Waals surface area (Å²) in [6.45, 7) is 11.5. The van der Waals surface area contributed by atoms with Crippen LogP contribution in [0.25, 0.3) is 0 Å². The van der Waals surface area contributed by atoms with Gasteiger partial charge in [0, 0.05) is 6.04 Å². The summed E-state index contributed by atoms with van der Waals surface area (Å²) in [4.78, 5) is 0. The van der Waals surface area contributed by atoms with E-state index < -0.39 is 0 Å². The minimum Gasteiger partial charge on any atom is -0.393 e. The first-order valence-corrected chi connectivity index (χ1v) is 12.9. The molecule has 3 saturated carbocycles. The highest BCUT2D eigenvalue weighted by Gasteiger charge is 2.59. The summed E-state index contributed by atoms with van der Waals surface area (Å²) in [5.41, 5.74) is 2.56. The maximum atomic E-state index is 10.2. The number of aliphatic hydroxyl groups excluding tert-OH is 1. The average molecular weight is 400 g/mol. The van der Waals surface area contributed by atoms with Gasteiger partial charge in [-0.25, -0.2) is 0 Å². The number of nitrogens with one attached hydrogen (secondary N) is 1. The maximum absolute atomic E-state index is 10.2. The van der Waals surface area contributed by atoms with Crippen molar-refractivity contribution in [2.75, 3.05) is 6.54 Å². The van der Waals surface area contributed by atoms with Crippen LogP contribution in [-0.4, -0.2) is 23.8 Å². The number of piperidine rings is 1. The molecule has 1 heterocycles. The lowest BCUT2D eigenvalue weighted by molar-refractivity contribution is -0.0598. The molecule has 10 atom stereocenters. The monoisotopic (exact) mass is 399 g/mol. The van der Waals surface area contributed by atoms with Gasteiger partial charge in [0.05, 0.1) is 6.10 Å². The minimum atomic E-state index is -0.0813. The highest BCUT2D eigenvalue weighted by Crippen LogP contribution is 2.67. The predicted molar refractivity (Wildman–Crippen MR) is 121 cm³/mol. The summed E-state index contributed by atoms with van der Waals surface area (Å²) >= 11 is 0. The first-order valence-electron chi connectivity index (χ1n) is 12.9. The fraction of sp³-hybridized carbons (Fsp3) is 0.926. The van der Waals surface area contributed by atoms with E-state index in [0.717, 1.165) is 54.4 Å². The molecule has 5 aliphatic rings. The molecule has 5 rings (SSSR count). The SMILES string of the molecule is C[C@H]1CC[C@H]([C@@H](C)[C@H]2CC[C@H]3[C@@H]4CC=C5C[C@@H](O)CC[C@]5(C)[C@H]4CC[C@]23C)NC1. The van der Waals surface area contributed by atoms with Crippen molar-refractivity contribution in [3.63, 3.8) is 0 Å². The number of hydrogen-bond donors (Lipinski definition) is 2. The Morgan fingerprint density at radius 3 is 2.62 bits per heavy atom. The van der Waals surface area contributed by atoms with Gasteiger partial charge in [-0.1, -0.05) is 39.3 Å². The largest absolute Gasteiger partial charge is 0.393 e. The smallest absolute Gasteiger partial charge is 0.0577 e. The first-order chi connectivity index (χ1) is 13.8. The second-order valence-electron chi connectivity index (χ2n) is 12.4. The van der Waals surface area contributed by atoms with E-state index in [2.05, 4.69) is 39.1 Å². The molecule has 2 N–H and O–H groups in total. The molecule has 1 aliphatic heterocycles. The van der Waals surface area contributed by atoms with Gasteiger partial charge in [0.25, 0.3) is 0 Å². The maximum Gasteiger partial charge on any atom is 0.0577 e. The van der Waals surface area contributed by atoms with Crippen molar-refractivity contribution in [2.24, 2.45) is 46.3 Å². The second kappa shape index (κ2) is 7.37. The Morgan fingerprint density at radius 1 is 1.03 bits per heavy atom. The van der Waals surface area contributed by atoms with Gasteiger partial charge in [0.15, 0.2) is 0 Å². The third-order valence-electron chi connectivity index (χ3n) is 11.1. The molecule has 0 aromatic carbocycles. The minimum absolute atomic E-state index is 0.0813. The number of fused-ring (bicyclic) bond motifs is 5. The van der Waals surface area contributed by atoms with Crippen molar-refractivity contribution in [3.05, 3.63) is 11.6 Å². The lowest BCUT2D eigenvalue weighted by Gasteiger charge is -2.58. The summed E-state index contributed by atoms with van der Waals surface area (Å²) in [6, 6.07) is 0.750. The Hall–Kier alpha value is -0.340. The molecule has 0 amide bonds. The Morgan fingerprint density at radius 2 is 1.86 bits per heavy atom. The first kappa shape index (κ1) is 20.6. The van der Waals surface area contributed by atoms with Gasteiger partial charge >= 0.3 is 0 Å². The van der Waals surface area contributed by atoms with E-state index in [0.29, 0.717) is 10.8 Å². The molecule has 1 saturated heterocycles. The van der Waals surface area contributed by atoms with Crippen LogP contribution in [0.1, 0.15) is 91.9 Å². The van der Waals surface area contributed by atoms with Crippen LogP contribution in [0.3, 0.4) is 0 Å². The standard InChI is InChI=1S/C27H45NO/c1-17-5-10-25(28-16-17)18(2)22-8-9-23-21-7-6-19-15-20(29)11-13-26(19,3)24(21)12-14-27(22,23)4/h6,17-18,20-25,28-29H,5,7-16H2,1-4H3/t17-,18-,20-,21-,22+,23-,24-,25+,26-,27+/m0/s1. The van der Waals surface area contributed by atoms with E-state index in [4.69, 9.17) is 0 Å². The van der Waals surface area contributed by atoms with E-state index in [-0.39, 0.29) is 6.10 Å². The third-order valence-corrected chi connectivity index (χ3v) is 11.1. The topological polar surface area (TPSA) is 32.3 Å². The molecule has 4 aliphatic carbocycles. The fourth-order valence-corrected chi connectivity index (χ4v) is 9.30. The Kier molecular flexibility index (Phi) is 5.22. The highest BCUT2D eigenvalue weighted by atomic mass is 16.3. The predicted octanol–water partition coefficient (Wildman–Crippen LogP) is 5.95. The molecule has 0 spiro atoms. The average Bonchev–Trinajstić information content (AvgIpc) is 3.06. The molecule has 0 aromatic heterocycles. The van der Waals surface area contributed by atoms with Crippen molar-refractivity contribution in [1.29, 1.82) is 0 Å². The number of hydrogen-bond acceptors (Lipinski definition) is 2. The van der Waals surface area contributed by atoms with E-state index >= 15 is 0 Å². The second-order valence-corrected chi connectivity index (χ2v) is 12.4. The molecule has 4 fully saturated rings. The number of rotatable bonds is 2. The Labute approximate surface area is 179 Å². The number of allylic oxidation sites excluding steroid dienone is 1. The zero-order valence-electron chi connectivity index (χ0n) is 19.4. The van der Waals surface area contributed by atoms with Crippen LogP contribution in [0.2, 0.25) is 0 Å². The summed E-state index contributed by atoms with van der Waals surface area (Å²) in [7, 11) is 0. The lowest BCUT2D eigenvalue weighted by atomic mass is 9.47. The van der Waals surface area contributed by atoms with E-state index in [1.165, 1.54) is 57.9 Å². The van der Waals surface area contributed by atoms with Gasteiger partial charge < -0.3 is 10.4 Å². The summed E-state index contributed by atoms with van der Waals surface area (Å²) in [5, 5.41) is 14.2. The molecule has 164 valence electrons. The fourth-order valence-electron chi connectivity index (χ4n) is 9.30.